The molecule has 8 heteroatoms. The number of hydrogen-bond acceptors (Lipinski definition) is 3. The molecule has 1 N–H and O–H groups in total. The number of carbonyl (C=O) groups excluding carboxylic acids is 1. The fraction of sp³-hybridized carbons (Fsp3) is 0.588. The summed E-state index contributed by atoms with van der Waals surface area (Å²) in [6.07, 6.45) is 3.79. The van der Waals surface area contributed by atoms with Crippen molar-refractivity contribution in [1.29, 1.82) is 0 Å². The van der Waals surface area contributed by atoms with Crippen molar-refractivity contribution >= 4 is 15.9 Å². The molecular weight excluding hydrogens is 350 g/mol. The maximum Gasteiger partial charge on any atom is 0.246 e. The monoisotopic (exact) mass is 374 g/mol. The van der Waals surface area contributed by atoms with E-state index in [0.717, 1.165) is 35.7 Å². The molecule has 0 saturated carbocycles. The third-order valence-corrected chi connectivity index (χ3v) is 6.33. The summed E-state index contributed by atoms with van der Waals surface area (Å²) >= 11 is 0. The zero-order valence-corrected chi connectivity index (χ0v) is 15.1. The van der Waals surface area contributed by atoms with Crippen LogP contribution in [0, 0.1) is 17.6 Å². The Morgan fingerprint density at radius 2 is 1.92 bits per heavy atom. The highest BCUT2D eigenvalue weighted by atomic mass is 32.2. The van der Waals surface area contributed by atoms with Gasteiger partial charge in [-0.25, -0.2) is 17.2 Å². The molecule has 1 aromatic rings. The smallest absolute Gasteiger partial charge is 0.246 e. The van der Waals surface area contributed by atoms with Crippen molar-refractivity contribution in [3.63, 3.8) is 0 Å². The molecule has 0 aliphatic carbocycles. The number of piperidine rings is 1. The molecule has 1 aliphatic rings. The van der Waals surface area contributed by atoms with Gasteiger partial charge in [0.05, 0.1) is 0 Å². The summed E-state index contributed by atoms with van der Waals surface area (Å²) in [5, 5.41) is 2.87. The standard InChI is InChI=1S/C17H24F2N2O3S/c1-2-3-4-9-20-17(22)13-7-10-21(11-8-13)25(23,24)16-12-14(18)5-6-15(16)19/h5-6,12-13H,2-4,7-11H2,1H3,(H,20,22). The van der Waals surface area contributed by atoms with E-state index in [1.165, 1.54) is 0 Å². The highest BCUT2D eigenvalue weighted by molar-refractivity contribution is 7.89. The van der Waals surface area contributed by atoms with Crippen LogP contribution < -0.4 is 5.32 Å². The van der Waals surface area contributed by atoms with Crippen molar-refractivity contribution in [2.75, 3.05) is 19.6 Å². The maximum atomic E-state index is 13.8. The largest absolute Gasteiger partial charge is 0.356 e. The van der Waals surface area contributed by atoms with Crippen LogP contribution in [0.3, 0.4) is 0 Å². The second kappa shape index (κ2) is 8.71. The van der Waals surface area contributed by atoms with E-state index in [2.05, 4.69) is 12.2 Å². The van der Waals surface area contributed by atoms with Gasteiger partial charge in [0.15, 0.2) is 0 Å². The number of amides is 1. The average molecular weight is 374 g/mol. The lowest BCUT2D eigenvalue weighted by atomic mass is 9.97. The van der Waals surface area contributed by atoms with Crippen LogP contribution in [0.4, 0.5) is 8.78 Å². The summed E-state index contributed by atoms with van der Waals surface area (Å²) < 4.78 is 53.2. The molecule has 0 aromatic heterocycles. The minimum atomic E-state index is -4.10. The lowest BCUT2D eigenvalue weighted by Crippen LogP contribution is -2.43. The molecule has 2 rings (SSSR count). The van der Waals surface area contributed by atoms with Gasteiger partial charge in [-0.3, -0.25) is 4.79 Å². The normalized spacial score (nSPS) is 16.8. The van der Waals surface area contributed by atoms with Crippen LogP contribution >= 0.6 is 0 Å². The third kappa shape index (κ3) is 4.98. The molecule has 0 unspecified atom stereocenters. The van der Waals surface area contributed by atoms with E-state index < -0.39 is 26.6 Å². The molecule has 1 amide bonds. The van der Waals surface area contributed by atoms with Crippen LogP contribution in [0.25, 0.3) is 0 Å². The number of carbonyl (C=O) groups is 1. The predicted molar refractivity (Wildman–Crippen MR) is 90.4 cm³/mol. The Morgan fingerprint density at radius 1 is 1.24 bits per heavy atom. The number of benzene rings is 1. The van der Waals surface area contributed by atoms with Gasteiger partial charge in [0.2, 0.25) is 15.9 Å². The van der Waals surface area contributed by atoms with Gasteiger partial charge in [-0.1, -0.05) is 19.8 Å². The van der Waals surface area contributed by atoms with Gasteiger partial charge in [-0.15, -0.1) is 0 Å². The van der Waals surface area contributed by atoms with Gasteiger partial charge < -0.3 is 5.32 Å². The molecule has 0 atom stereocenters. The number of unbranched alkanes of at least 4 members (excludes halogenated alkanes) is 2. The van der Waals surface area contributed by atoms with E-state index >= 15 is 0 Å². The predicted octanol–water partition coefficient (Wildman–Crippen LogP) is 2.67. The summed E-state index contributed by atoms with van der Waals surface area (Å²) in [5.74, 6) is -2.09. The Bertz CT molecular complexity index is 702. The molecule has 1 aromatic carbocycles. The van der Waals surface area contributed by atoms with Gasteiger partial charge in [-0.05, 0) is 37.5 Å². The van der Waals surface area contributed by atoms with E-state index in [1.54, 1.807) is 0 Å². The van der Waals surface area contributed by atoms with E-state index in [9.17, 15) is 22.0 Å². The lowest BCUT2D eigenvalue weighted by Gasteiger charge is -2.30. The highest BCUT2D eigenvalue weighted by Gasteiger charge is 2.33. The second-order valence-corrected chi connectivity index (χ2v) is 8.16. The van der Waals surface area contributed by atoms with Crippen LogP contribution in [0.1, 0.15) is 39.0 Å². The average Bonchev–Trinajstić information content (AvgIpc) is 2.60. The number of nitrogens with zero attached hydrogens (tertiary/aromatic N) is 1. The van der Waals surface area contributed by atoms with E-state index in [4.69, 9.17) is 0 Å². The van der Waals surface area contributed by atoms with Gasteiger partial charge in [0.25, 0.3) is 0 Å². The van der Waals surface area contributed by atoms with E-state index in [0.29, 0.717) is 25.5 Å². The first-order valence-corrected chi connectivity index (χ1v) is 10.0. The van der Waals surface area contributed by atoms with Crippen molar-refractivity contribution in [1.82, 2.24) is 9.62 Å². The lowest BCUT2D eigenvalue weighted by molar-refractivity contribution is -0.126. The van der Waals surface area contributed by atoms with Crippen molar-refractivity contribution in [2.45, 2.75) is 43.9 Å². The van der Waals surface area contributed by atoms with Crippen molar-refractivity contribution in [3.8, 4) is 0 Å². The molecule has 0 spiro atoms. The van der Waals surface area contributed by atoms with Gasteiger partial charge in [-0.2, -0.15) is 4.31 Å². The molecule has 25 heavy (non-hydrogen) atoms. The molecule has 140 valence electrons. The maximum absolute atomic E-state index is 13.8. The molecule has 1 heterocycles. The molecule has 1 aliphatic heterocycles. The molecule has 0 radical (unpaired) electrons. The van der Waals surface area contributed by atoms with Crippen molar-refractivity contribution in [2.24, 2.45) is 5.92 Å². The van der Waals surface area contributed by atoms with Gasteiger partial charge in [0, 0.05) is 25.6 Å². The Kier molecular flexibility index (Phi) is 6.89. The minimum absolute atomic E-state index is 0.0647. The summed E-state index contributed by atoms with van der Waals surface area (Å²) in [4.78, 5) is 11.4. The number of nitrogens with one attached hydrogen (secondary N) is 1. The van der Waals surface area contributed by atoms with E-state index in [1.807, 2.05) is 0 Å². The van der Waals surface area contributed by atoms with Crippen LogP contribution in [0.2, 0.25) is 0 Å². The SMILES string of the molecule is CCCCCNC(=O)C1CCN(S(=O)(=O)c2cc(F)ccc2F)CC1. The number of halogens is 2. The van der Waals surface area contributed by atoms with Crippen LogP contribution in [0.15, 0.2) is 23.1 Å². The second-order valence-electron chi connectivity index (χ2n) is 6.25. The first-order valence-electron chi connectivity index (χ1n) is 8.59. The Balaban J connectivity index is 1.95. The Morgan fingerprint density at radius 3 is 2.56 bits per heavy atom. The summed E-state index contributed by atoms with van der Waals surface area (Å²) in [7, 11) is -4.10. The molecule has 1 fully saturated rings. The van der Waals surface area contributed by atoms with Crippen molar-refractivity contribution < 1.29 is 22.0 Å². The Hall–Kier alpha value is -1.54. The van der Waals surface area contributed by atoms with E-state index in [-0.39, 0.29) is 24.9 Å². The van der Waals surface area contributed by atoms with Crippen LogP contribution in [0.5, 0.6) is 0 Å². The fourth-order valence-corrected chi connectivity index (χ4v) is 4.45. The first kappa shape index (κ1) is 19.8. The number of sulfonamides is 1. The van der Waals surface area contributed by atoms with Crippen LogP contribution in [-0.2, 0) is 14.8 Å². The fourth-order valence-electron chi connectivity index (χ4n) is 2.90. The summed E-state index contributed by atoms with van der Waals surface area (Å²) in [6.45, 7) is 2.94. The van der Waals surface area contributed by atoms with Gasteiger partial charge >= 0.3 is 0 Å². The first-order chi connectivity index (χ1) is 11.9. The van der Waals surface area contributed by atoms with Gasteiger partial charge in [0.1, 0.15) is 16.5 Å². The summed E-state index contributed by atoms with van der Waals surface area (Å²) in [5.41, 5.74) is 0. The highest BCUT2D eigenvalue weighted by Crippen LogP contribution is 2.26. The van der Waals surface area contributed by atoms with Crippen molar-refractivity contribution in [3.05, 3.63) is 29.8 Å². The zero-order valence-electron chi connectivity index (χ0n) is 14.3. The zero-order chi connectivity index (χ0) is 18.4. The molecule has 0 bridgehead atoms. The third-order valence-electron chi connectivity index (χ3n) is 4.42. The number of hydrogen-bond donors (Lipinski definition) is 1. The quantitative estimate of drug-likeness (QED) is 0.746. The molecular formula is C17H24F2N2O3S. The van der Waals surface area contributed by atoms with Crippen LogP contribution in [-0.4, -0.2) is 38.3 Å². The summed E-state index contributed by atoms with van der Waals surface area (Å²) in [6, 6.07) is 2.37. The minimum Gasteiger partial charge on any atom is -0.356 e. The molecule has 1 saturated heterocycles. The topological polar surface area (TPSA) is 66.5 Å². The Labute approximate surface area is 147 Å². The number of rotatable bonds is 7. The molecule has 5 nitrogen and oxygen atoms in total.